The molecule has 0 fully saturated rings. The average molecular weight is 453 g/mol. The molecule has 0 bridgehead atoms. The average Bonchev–Trinajstić information content (AvgIpc) is 3.34. The van der Waals surface area contributed by atoms with E-state index in [0.717, 1.165) is 16.8 Å². The normalized spacial score (nSPS) is 17.2. The molecule has 2 aromatic heterocycles. The van der Waals surface area contributed by atoms with Gasteiger partial charge in [-0.2, -0.15) is 10.4 Å². The van der Waals surface area contributed by atoms with E-state index < -0.39 is 18.4 Å². The van der Waals surface area contributed by atoms with E-state index in [2.05, 4.69) is 31.8 Å². The van der Waals surface area contributed by atoms with Crippen molar-refractivity contribution in [2.24, 2.45) is 0 Å². The predicted molar refractivity (Wildman–Crippen MR) is 121 cm³/mol. The molecule has 1 aliphatic rings. The summed E-state index contributed by atoms with van der Waals surface area (Å²) in [6, 6.07) is 7.63. The topological polar surface area (TPSA) is 112 Å². The second-order valence-corrected chi connectivity index (χ2v) is 8.72. The van der Waals surface area contributed by atoms with E-state index in [-0.39, 0.29) is 18.5 Å². The Morgan fingerprint density at radius 1 is 1.36 bits per heavy atom. The molecule has 8 nitrogen and oxygen atoms in total. The number of halogens is 2. The van der Waals surface area contributed by atoms with Crippen molar-refractivity contribution >= 4 is 17.3 Å². The monoisotopic (exact) mass is 453 g/mol. The number of aromatic nitrogens is 4. The summed E-state index contributed by atoms with van der Waals surface area (Å²) in [6.07, 6.45) is 0.607. The first-order valence-electron chi connectivity index (χ1n) is 10.6. The van der Waals surface area contributed by atoms with Crippen molar-refractivity contribution < 1.29 is 13.9 Å². The third kappa shape index (κ3) is 4.36. The highest BCUT2D eigenvalue weighted by Crippen LogP contribution is 2.41. The van der Waals surface area contributed by atoms with Gasteiger partial charge in [-0.05, 0) is 29.7 Å². The number of nitrogens with one attached hydrogen (secondary N) is 2. The van der Waals surface area contributed by atoms with Crippen LogP contribution in [0, 0.1) is 11.3 Å². The van der Waals surface area contributed by atoms with Gasteiger partial charge in [-0.1, -0.05) is 20.8 Å². The van der Waals surface area contributed by atoms with Gasteiger partial charge in [-0.15, -0.1) is 0 Å². The van der Waals surface area contributed by atoms with Crippen LogP contribution in [0.25, 0.3) is 11.3 Å². The number of hydrogen-bond acceptors (Lipinski definition) is 7. The Balaban J connectivity index is 1.70. The standard InChI is InChI=1S/C23H25F2N7O/c1-13(2)20-18(9-32(31-20)10-19(24)25)30-22-27-5-4-17(29-22)14-6-15(8-26)21-16(7-14)23(3,12-33)11-28-21/h4-7,9,13,19,28,33H,10-12H2,1-3H3,(H,27,29,30)/t23-/m1/s1. The first-order valence-corrected chi connectivity index (χ1v) is 10.6. The van der Waals surface area contributed by atoms with Crippen LogP contribution in [-0.4, -0.2) is 44.4 Å². The molecule has 0 saturated carbocycles. The Labute approximate surface area is 190 Å². The number of fused-ring (bicyclic) bond motifs is 1. The SMILES string of the molecule is CC(C)c1nn(CC(F)F)cc1Nc1nccc(-c2cc(C#N)c3c(c2)[C@@](C)(CO)CN3)n1. The summed E-state index contributed by atoms with van der Waals surface area (Å²) >= 11 is 0. The second-order valence-electron chi connectivity index (χ2n) is 8.72. The van der Waals surface area contributed by atoms with E-state index in [1.54, 1.807) is 18.3 Å². The number of alkyl halides is 2. The molecule has 1 aromatic carbocycles. The zero-order chi connectivity index (χ0) is 23.8. The van der Waals surface area contributed by atoms with Crippen LogP contribution in [0.4, 0.5) is 26.1 Å². The molecule has 0 aliphatic carbocycles. The number of aliphatic hydroxyl groups is 1. The number of nitriles is 1. The van der Waals surface area contributed by atoms with Crippen LogP contribution in [0.2, 0.25) is 0 Å². The number of benzene rings is 1. The maximum Gasteiger partial charge on any atom is 0.257 e. The minimum absolute atomic E-state index is 0.00756. The molecule has 0 unspecified atom stereocenters. The van der Waals surface area contributed by atoms with E-state index >= 15 is 0 Å². The van der Waals surface area contributed by atoms with E-state index in [4.69, 9.17) is 0 Å². The number of rotatable bonds is 7. The summed E-state index contributed by atoms with van der Waals surface area (Å²) in [4.78, 5) is 8.85. The lowest BCUT2D eigenvalue weighted by Gasteiger charge is -2.21. The summed E-state index contributed by atoms with van der Waals surface area (Å²) in [5.41, 5.74) is 4.08. The van der Waals surface area contributed by atoms with E-state index in [1.165, 1.54) is 10.9 Å². The van der Waals surface area contributed by atoms with Gasteiger partial charge in [-0.25, -0.2) is 18.7 Å². The van der Waals surface area contributed by atoms with Gasteiger partial charge in [0.05, 0.1) is 34.9 Å². The van der Waals surface area contributed by atoms with Crippen molar-refractivity contribution in [3.8, 4) is 17.3 Å². The smallest absolute Gasteiger partial charge is 0.257 e. The number of aliphatic hydroxyl groups excluding tert-OH is 1. The van der Waals surface area contributed by atoms with Gasteiger partial charge in [0.25, 0.3) is 6.43 Å². The summed E-state index contributed by atoms with van der Waals surface area (Å²) in [6.45, 7) is 5.78. The Morgan fingerprint density at radius 2 is 2.15 bits per heavy atom. The van der Waals surface area contributed by atoms with Gasteiger partial charge < -0.3 is 15.7 Å². The van der Waals surface area contributed by atoms with Crippen LogP contribution in [0.15, 0.2) is 30.6 Å². The van der Waals surface area contributed by atoms with Crippen molar-refractivity contribution in [3.05, 3.63) is 47.4 Å². The number of hydrogen-bond donors (Lipinski definition) is 3. The Morgan fingerprint density at radius 3 is 2.82 bits per heavy atom. The van der Waals surface area contributed by atoms with Crippen LogP contribution in [0.3, 0.4) is 0 Å². The second kappa shape index (κ2) is 8.75. The quantitative estimate of drug-likeness (QED) is 0.495. The minimum Gasteiger partial charge on any atom is -0.395 e. The van der Waals surface area contributed by atoms with E-state index in [9.17, 15) is 19.1 Å². The largest absolute Gasteiger partial charge is 0.395 e. The zero-order valence-corrected chi connectivity index (χ0v) is 18.6. The van der Waals surface area contributed by atoms with Crippen molar-refractivity contribution in [1.82, 2.24) is 19.7 Å². The number of nitrogens with zero attached hydrogens (tertiary/aromatic N) is 5. The first-order chi connectivity index (χ1) is 15.7. The molecule has 0 spiro atoms. The Hall–Kier alpha value is -3.58. The van der Waals surface area contributed by atoms with Gasteiger partial charge >= 0.3 is 0 Å². The summed E-state index contributed by atoms with van der Waals surface area (Å²) < 4.78 is 26.9. The first kappa shape index (κ1) is 22.6. The lowest BCUT2D eigenvalue weighted by molar-refractivity contribution is 0.121. The van der Waals surface area contributed by atoms with Crippen LogP contribution >= 0.6 is 0 Å². The van der Waals surface area contributed by atoms with Crippen LogP contribution in [-0.2, 0) is 12.0 Å². The molecule has 0 amide bonds. The van der Waals surface area contributed by atoms with Gasteiger partial charge in [0.2, 0.25) is 5.95 Å². The third-order valence-electron chi connectivity index (χ3n) is 5.77. The van der Waals surface area contributed by atoms with Gasteiger partial charge in [0.15, 0.2) is 0 Å². The highest BCUT2D eigenvalue weighted by atomic mass is 19.3. The minimum atomic E-state index is -2.51. The molecule has 3 N–H and O–H groups in total. The predicted octanol–water partition coefficient (Wildman–Crippen LogP) is 4.02. The van der Waals surface area contributed by atoms with E-state index in [0.29, 0.717) is 29.2 Å². The molecule has 3 heterocycles. The fourth-order valence-corrected chi connectivity index (χ4v) is 3.96. The highest BCUT2D eigenvalue weighted by molar-refractivity contribution is 5.76. The summed E-state index contributed by atoms with van der Waals surface area (Å²) in [7, 11) is 0. The fraction of sp³-hybridized carbons (Fsp3) is 0.391. The lowest BCUT2D eigenvalue weighted by Crippen LogP contribution is -2.28. The van der Waals surface area contributed by atoms with Crippen LogP contribution in [0.5, 0.6) is 0 Å². The molecular weight excluding hydrogens is 428 g/mol. The molecule has 0 radical (unpaired) electrons. The van der Waals surface area contributed by atoms with Crippen molar-refractivity contribution in [2.75, 3.05) is 23.8 Å². The molecular formula is C23H25F2N7O. The van der Waals surface area contributed by atoms with Crippen molar-refractivity contribution in [2.45, 2.75) is 45.1 Å². The third-order valence-corrected chi connectivity index (χ3v) is 5.77. The maximum atomic E-state index is 12.8. The molecule has 1 atom stereocenters. The van der Waals surface area contributed by atoms with Crippen molar-refractivity contribution in [3.63, 3.8) is 0 Å². The van der Waals surface area contributed by atoms with Gasteiger partial charge in [-0.3, -0.25) is 4.68 Å². The fourth-order valence-electron chi connectivity index (χ4n) is 3.96. The van der Waals surface area contributed by atoms with Crippen molar-refractivity contribution in [1.29, 1.82) is 5.26 Å². The maximum absolute atomic E-state index is 12.8. The highest BCUT2D eigenvalue weighted by Gasteiger charge is 2.36. The molecule has 0 saturated heterocycles. The van der Waals surface area contributed by atoms with Crippen LogP contribution in [0.1, 0.15) is 43.5 Å². The zero-order valence-electron chi connectivity index (χ0n) is 18.6. The molecule has 1 aliphatic heterocycles. The Bertz CT molecular complexity index is 1220. The summed E-state index contributed by atoms with van der Waals surface area (Å²) in [5, 5.41) is 30.2. The van der Waals surface area contributed by atoms with Gasteiger partial charge in [0.1, 0.15) is 12.6 Å². The van der Waals surface area contributed by atoms with Gasteiger partial charge in [0, 0.05) is 29.9 Å². The summed E-state index contributed by atoms with van der Waals surface area (Å²) in [5.74, 6) is 0.293. The van der Waals surface area contributed by atoms with E-state index in [1.807, 2.05) is 26.8 Å². The molecule has 10 heteroatoms. The van der Waals surface area contributed by atoms with Crippen LogP contribution < -0.4 is 10.6 Å². The number of anilines is 3. The Kier molecular flexibility index (Phi) is 5.99. The molecule has 33 heavy (non-hydrogen) atoms. The molecule has 4 rings (SSSR count). The molecule has 172 valence electrons. The molecule has 3 aromatic rings. The lowest BCUT2D eigenvalue weighted by atomic mass is 9.83.